The van der Waals surface area contributed by atoms with Crippen LogP contribution in [0.15, 0.2) is 0 Å². The number of carbonyl (C=O) groups excluding carboxylic acids is 1. The van der Waals surface area contributed by atoms with Gasteiger partial charge in [-0.05, 0) is 45.3 Å². The molecule has 0 saturated carbocycles. The highest BCUT2D eigenvalue weighted by Crippen LogP contribution is 2.15. The third kappa shape index (κ3) is 5.77. The van der Waals surface area contributed by atoms with Crippen LogP contribution in [0.5, 0.6) is 0 Å². The molecule has 0 aliphatic carbocycles. The van der Waals surface area contributed by atoms with Crippen LogP contribution in [0.25, 0.3) is 0 Å². The molecule has 116 valence electrons. The van der Waals surface area contributed by atoms with Gasteiger partial charge in [0.2, 0.25) is 0 Å². The fourth-order valence-electron chi connectivity index (χ4n) is 2.48. The number of carbonyl (C=O) groups is 2. The van der Waals surface area contributed by atoms with Crippen molar-refractivity contribution < 1.29 is 14.7 Å². The number of amides is 2. The summed E-state index contributed by atoms with van der Waals surface area (Å²) in [4.78, 5) is 26.5. The average Bonchev–Trinajstić information content (AvgIpc) is 2.46. The van der Waals surface area contributed by atoms with Crippen LogP contribution < -0.4 is 5.32 Å². The van der Waals surface area contributed by atoms with Crippen LogP contribution in [0, 0.1) is 5.92 Å². The third-order valence-corrected chi connectivity index (χ3v) is 3.96. The molecule has 0 bridgehead atoms. The molecule has 0 aromatic heterocycles. The van der Waals surface area contributed by atoms with E-state index >= 15 is 0 Å². The number of nitrogens with one attached hydrogen (secondary N) is 1. The van der Waals surface area contributed by atoms with E-state index in [0.717, 1.165) is 32.5 Å². The molecule has 1 heterocycles. The maximum atomic E-state index is 12.0. The lowest BCUT2D eigenvalue weighted by molar-refractivity contribution is -0.137. The van der Waals surface area contributed by atoms with E-state index in [1.807, 2.05) is 6.92 Å². The van der Waals surface area contributed by atoms with Crippen molar-refractivity contribution in [2.75, 3.05) is 39.3 Å². The Kier molecular flexibility index (Phi) is 7.36. The molecule has 2 N–H and O–H groups in total. The lowest BCUT2D eigenvalue weighted by Crippen LogP contribution is -2.44. The van der Waals surface area contributed by atoms with E-state index in [0.29, 0.717) is 19.0 Å². The SMILES string of the molecule is CCN1CCC(CNC(=O)N(CC)CCC(=O)O)CC1. The second kappa shape index (κ2) is 8.79. The Balaban J connectivity index is 2.25. The van der Waals surface area contributed by atoms with Gasteiger partial charge in [0, 0.05) is 19.6 Å². The number of hydrogen-bond acceptors (Lipinski definition) is 3. The predicted octanol–water partition coefficient (Wildman–Crippen LogP) is 1.22. The average molecular weight is 285 g/mol. The zero-order valence-corrected chi connectivity index (χ0v) is 12.6. The molecule has 0 aromatic carbocycles. The molecule has 0 atom stereocenters. The van der Waals surface area contributed by atoms with Crippen molar-refractivity contribution in [3.05, 3.63) is 0 Å². The number of aliphatic carboxylic acids is 1. The van der Waals surface area contributed by atoms with Gasteiger partial charge in [-0.3, -0.25) is 4.79 Å². The minimum Gasteiger partial charge on any atom is -0.481 e. The summed E-state index contributed by atoms with van der Waals surface area (Å²) >= 11 is 0. The molecule has 6 nitrogen and oxygen atoms in total. The smallest absolute Gasteiger partial charge is 0.317 e. The molecule has 0 aromatic rings. The van der Waals surface area contributed by atoms with Crippen molar-refractivity contribution in [2.45, 2.75) is 33.1 Å². The molecule has 0 radical (unpaired) electrons. The van der Waals surface area contributed by atoms with Gasteiger partial charge in [-0.15, -0.1) is 0 Å². The molecule has 20 heavy (non-hydrogen) atoms. The summed E-state index contributed by atoms with van der Waals surface area (Å²) in [5.74, 6) is -0.330. The van der Waals surface area contributed by atoms with Gasteiger partial charge >= 0.3 is 12.0 Å². The van der Waals surface area contributed by atoms with Gasteiger partial charge in [-0.1, -0.05) is 6.92 Å². The standard InChI is InChI=1S/C14H27N3O3/c1-3-16-8-5-12(6-9-16)11-15-14(20)17(4-2)10-7-13(18)19/h12H,3-11H2,1-2H3,(H,15,20)(H,18,19). The molecule has 0 unspecified atom stereocenters. The first-order valence-corrected chi connectivity index (χ1v) is 7.53. The van der Waals surface area contributed by atoms with Crippen LogP contribution in [0.3, 0.4) is 0 Å². The van der Waals surface area contributed by atoms with Crippen molar-refractivity contribution in [3.63, 3.8) is 0 Å². The first kappa shape index (κ1) is 16.8. The molecule has 1 aliphatic rings. The van der Waals surface area contributed by atoms with Gasteiger partial charge in [0.05, 0.1) is 6.42 Å². The van der Waals surface area contributed by atoms with Crippen LogP contribution in [0.4, 0.5) is 4.79 Å². The van der Waals surface area contributed by atoms with Gasteiger partial charge in [-0.25, -0.2) is 4.79 Å². The quantitative estimate of drug-likeness (QED) is 0.738. The maximum Gasteiger partial charge on any atom is 0.317 e. The highest BCUT2D eigenvalue weighted by molar-refractivity contribution is 5.75. The highest BCUT2D eigenvalue weighted by Gasteiger charge is 2.19. The topological polar surface area (TPSA) is 72.9 Å². The van der Waals surface area contributed by atoms with E-state index < -0.39 is 5.97 Å². The Bertz CT molecular complexity index is 315. The molecular weight excluding hydrogens is 258 g/mol. The molecule has 0 spiro atoms. The van der Waals surface area contributed by atoms with Crippen molar-refractivity contribution >= 4 is 12.0 Å². The fourth-order valence-corrected chi connectivity index (χ4v) is 2.48. The number of hydrogen-bond donors (Lipinski definition) is 2. The zero-order valence-electron chi connectivity index (χ0n) is 12.6. The zero-order chi connectivity index (χ0) is 15.0. The number of urea groups is 1. The highest BCUT2D eigenvalue weighted by atomic mass is 16.4. The molecule has 1 rings (SSSR count). The van der Waals surface area contributed by atoms with E-state index in [-0.39, 0.29) is 19.0 Å². The van der Waals surface area contributed by atoms with Gasteiger partial charge in [0.25, 0.3) is 0 Å². The molecule has 1 fully saturated rings. The van der Waals surface area contributed by atoms with Crippen molar-refractivity contribution in [1.82, 2.24) is 15.1 Å². The second-order valence-corrected chi connectivity index (χ2v) is 5.29. The third-order valence-electron chi connectivity index (χ3n) is 3.96. The summed E-state index contributed by atoms with van der Waals surface area (Å²) in [6.07, 6.45) is 2.24. The van der Waals surface area contributed by atoms with E-state index in [9.17, 15) is 9.59 Å². The van der Waals surface area contributed by atoms with Gasteiger partial charge in [-0.2, -0.15) is 0 Å². The molecular formula is C14H27N3O3. The lowest BCUT2D eigenvalue weighted by atomic mass is 9.97. The largest absolute Gasteiger partial charge is 0.481 e. The normalized spacial score (nSPS) is 16.9. The van der Waals surface area contributed by atoms with Gasteiger partial charge in [0.1, 0.15) is 0 Å². The number of likely N-dealkylation sites (tertiary alicyclic amines) is 1. The van der Waals surface area contributed by atoms with Crippen LogP contribution in [-0.2, 0) is 4.79 Å². The molecule has 2 amide bonds. The van der Waals surface area contributed by atoms with Gasteiger partial charge in [0.15, 0.2) is 0 Å². The Hall–Kier alpha value is -1.30. The minimum absolute atomic E-state index is 0.00382. The number of carboxylic acids is 1. The van der Waals surface area contributed by atoms with Crippen LogP contribution in [-0.4, -0.2) is 66.2 Å². The lowest BCUT2D eigenvalue weighted by Gasteiger charge is -2.31. The van der Waals surface area contributed by atoms with Crippen molar-refractivity contribution in [1.29, 1.82) is 0 Å². The van der Waals surface area contributed by atoms with Crippen molar-refractivity contribution in [2.24, 2.45) is 5.92 Å². The van der Waals surface area contributed by atoms with Crippen LogP contribution >= 0.6 is 0 Å². The van der Waals surface area contributed by atoms with E-state index in [1.54, 1.807) is 4.90 Å². The summed E-state index contributed by atoms with van der Waals surface area (Å²) in [7, 11) is 0. The van der Waals surface area contributed by atoms with Crippen LogP contribution in [0.1, 0.15) is 33.1 Å². The molecule has 1 saturated heterocycles. The fraction of sp³-hybridized carbons (Fsp3) is 0.857. The maximum absolute atomic E-state index is 12.0. The van der Waals surface area contributed by atoms with Crippen LogP contribution in [0.2, 0.25) is 0 Å². The predicted molar refractivity (Wildman–Crippen MR) is 77.7 cm³/mol. The Morgan fingerprint density at radius 3 is 2.45 bits per heavy atom. The monoisotopic (exact) mass is 285 g/mol. The van der Waals surface area contributed by atoms with Gasteiger partial charge < -0.3 is 20.2 Å². The minimum atomic E-state index is -0.872. The summed E-state index contributed by atoms with van der Waals surface area (Å²) in [5.41, 5.74) is 0. The second-order valence-electron chi connectivity index (χ2n) is 5.29. The van der Waals surface area contributed by atoms with E-state index in [4.69, 9.17) is 5.11 Å². The first-order chi connectivity index (χ1) is 9.56. The van der Waals surface area contributed by atoms with Crippen molar-refractivity contribution in [3.8, 4) is 0 Å². The summed E-state index contributed by atoms with van der Waals surface area (Å²) < 4.78 is 0. The first-order valence-electron chi connectivity index (χ1n) is 7.53. The van der Waals surface area contributed by atoms with E-state index in [2.05, 4.69) is 17.1 Å². The number of rotatable bonds is 7. The Labute approximate surface area is 121 Å². The van der Waals surface area contributed by atoms with E-state index in [1.165, 1.54) is 0 Å². The Morgan fingerprint density at radius 1 is 1.30 bits per heavy atom. The Morgan fingerprint density at radius 2 is 1.95 bits per heavy atom. The molecule has 6 heteroatoms. The summed E-state index contributed by atoms with van der Waals surface area (Å²) in [5, 5.41) is 11.6. The number of piperidine rings is 1. The summed E-state index contributed by atoms with van der Waals surface area (Å²) in [6, 6.07) is -0.147. The number of carboxylic acid groups (broad SMARTS) is 1. The molecule has 1 aliphatic heterocycles. The number of nitrogens with zero attached hydrogens (tertiary/aromatic N) is 2. The summed E-state index contributed by atoms with van der Waals surface area (Å²) in [6.45, 7) is 8.84.